The molecule has 0 bridgehead atoms. The maximum atomic E-state index is 5.99. The average molecular weight is 468 g/mol. The number of nitrogens with zero attached hydrogens (tertiary/aromatic N) is 1. The summed E-state index contributed by atoms with van der Waals surface area (Å²) >= 11 is 1.89. The molecule has 1 aliphatic heterocycles. The third-order valence-electron chi connectivity index (χ3n) is 6.00. The first-order valence-corrected chi connectivity index (χ1v) is 13.5. The van der Waals surface area contributed by atoms with Gasteiger partial charge in [-0.25, -0.2) is 0 Å². The Kier molecular flexibility index (Phi) is 16.3. The van der Waals surface area contributed by atoms with Crippen molar-refractivity contribution in [2.24, 2.45) is 4.99 Å². The molecular formula is C27H46ClNOS. The summed E-state index contributed by atoms with van der Waals surface area (Å²) in [5.74, 6) is 1.00. The summed E-state index contributed by atoms with van der Waals surface area (Å²) in [6.45, 7) is 8.48. The van der Waals surface area contributed by atoms with Crippen molar-refractivity contribution in [3.8, 4) is 5.75 Å². The molecule has 0 fully saturated rings. The number of benzene rings is 1. The number of halogens is 1. The van der Waals surface area contributed by atoms with Gasteiger partial charge in [-0.2, -0.15) is 0 Å². The second-order valence-corrected chi connectivity index (χ2v) is 10.4. The smallest absolute Gasteiger partial charge is 0.119 e. The van der Waals surface area contributed by atoms with E-state index in [0.717, 1.165) is 18.9 Å². The third-order valence-corrected chi connectivity index (χ3v) is 7.12. The molecule has 1 aliphatic rings. The van der Waals surface area contributed by atoms with Gasteiger partial charge < -0.3 is 4.74 Å². The first-order valence-electron chi connectivity index (χ1n) is 12.7. The van der Waals surface area contributed by atoms with Crippen LogP contribution in [0.25, 0.3) is 0 Å². The fourth-order valence-electron chi connectivity index (χ4n) is 4.08. The second kappa shape index (κ2) is 17.8. The van der Waals surface area contributed by atoms with Gasteiger partial charge in [-0.15, -0.1) is 24.2 Å². The minimum absolute atomic E-state index is 0. The van der Waals surface area contributed by atoms with Crippen molar-refractivity contribution >= 4 is 29.2 Å². The third kappa shape index (κ3) is 12.2. The van der Waals surface area contributed by atoms with Crippen LogP contribution in [0.1, 0.15) is 115 Å². The van der Waals surface area contributed by atoms with Gasteiger partial charge in [0.2, 0.25) is 0 Å². The van der Waals surface area contributed by atoms with E-state index < -0.39 is 0 Å². The molecule has 0 amide bonds. The standard InChI is InChI=1S/C27H45NOS.ClH/c1-4-5-6-7-8-9-10-11-12-13-14-15-16-17-20-29-25-18-19-26(23(2)21-25)27-28-22-24(3)30-27;/h18-19,21,24H,4-17,20,22H2,1-3H3;1H. The summed E-state index contributed by atoms with van der Waals surface area (Å²) in [5.41, 5.74) is 2.54. The molecule has 1 aromatic rings. The molecule has 31 heavy (non-hydrogen) atoms. The Bertz CT molecular complexity index is 619. The Hall–Kier alpha value is -0.670. The number of aryl methyl sites for hydroxylation is 1. The minimum Gasteiger partial charge on any atom is -0.494 e. The summed E-state index contributed by atoms with van der Waals surface area (Å²) < 4.78 is 5.99. The number of rotatable bonds is 17. The molecular weight excluding hydrogens is 422 g/mol. The van der Waals surface area contributed by atoms with Crippen LogP contribution in [-0.2, 0) is 0 Å². The predicted molar refractivity (Wildman–Crippen MR) is 143 cm³/mol. The Morgan fingerprint density at radius 3 is 1.90 bits per heavy atom. The molecule has 1 heterocycles. The largest absolute Gasteiger partial charge is 0.494 e. The molecule has 1 aromatic carbocycles. The lowest BCUT2D eigenvalue weighted by Crippen LogP contribution is -2.01. The van der Waals surface area contributed by atoms with E-state index in [2.05, 4.69) is 44.0 Å². The van der Waals surface area contributed by atoms with Gasteiger partial charge in [0.05, 0.1) is 18.2 Å². The maximum absolute atomic E-state index is 5.99. The van der Waals surface area contributed by atoms with Gasteiger partial charge in [-0.3, -0.25) is 4.99 Å². The molecule has 0 saturated heterocycles. The Labute approximate surface area is 202 Å². The Balaban J connectivity index is 0.00000480. The van der Waals surface area contributed by atoms with Crippen LogP contribution >= 0.6 is 24.2 Å². The Morgan fingerprint density at radius 2 is 1.42 bits per heavy atom. The number of hydrogen-bond donors (Lipinski definition) is 0. The lowest BCUT2D eigenvalue weighted by atomic mass is 10.0. The van der Waals surface area contributed by atoms with Gasteiger partial charge in [0.1, 0.15) is 5.75 Å². The van der Waals surface area contributed by atoms with Crippen LogP contribution in [0, 0.1) is 6.92 Å². The van der Waals surface area contributed by atoms with E-state index in [1.54, 1.807) is 0 Å². The van der Waals surface area contributed by atoms with Gasteiger partial charge in [-0.1, -0.05) is 97.3 Å². The highest BCUT2D eigenvalue weighted by molar-refractivity contribution is 8.15. The van der Waals surface area contributed by atoms with E-state index in [-0.39, 0.29) is 12.4 Å². The van der Waals surface area contributed by atoms with Crippen LogP contribution < -0.4 is 4.74 Å². The van der Waals surface area contributed by atoms with E-state index in [0.29, 0.717) is 5.25 Å². The van der Waals surface area contributed by atoms with Gasteiger partial charge in [0.25, 0.3) is 0 Å². The molecule has 0 spiro atoms. The summed E-state index contributed by atoms with van der Waals surface area (Å²) in [6.07, 6.45) is 19.5. The van der Waals surface area contributed by atoms with Gasteiger partial charge in [0, 0.05) is 10.8 Å². The molecule has 2 rings (SSSR count). The molecule has 1 unspecified atom stereocenters. The SMILES string of the molecule is CCCCCCCCCCCCCCCCOc1ccc(C2=NCC(C)S2)c(C)c1.Cl. The molecule has 0 aromatic heterocycles. The lowest BCUT2D eigenvalue weighted by molar-refractivity contribution is 0.304. The molecule has 4 heteroatoms. The summed E-state index contributed by atoms with van der Waals surface area (Å²) in [5, 5.41) is 1.80. The van der Waals surface area contributed by atoms with Crippen molar-refractivity contribution in [2.45, 2.75) is 116 Å². The van der Waals surface area contributed by atoms with Gasteiger partial charge in [0.15, 0.2) is 0 Å². The van der Waals surface area contributed by atoms with Crippen molar-refractivity contribution < 1.29 is 4.74 Å². The first-order chi connectivity index (χ1) is 14.7. The monoisotopic (exact) mass is 467 g/mol. The number of hydrogen-bond acceptors (Lipinski definition) is 3. The highest BCUT2D eigenvalue weighted by atomic mass is 35.5. The van der Waals surface area contributed by atoms with Crippen LogP contribution in [0.15, 0.2) is 23.2 Å². The van der Waals surface area contributed by atoms with Crippen LogP contribution in [-0.4, -0.2) is 23.4 Å². The summed E-state index contributed by atoms with van der Waals surface area (Å²) in [7, 11) is 0. The quantitative estimate of drug-likeness (QED) is 0.213. The average Bonchev–Trinajstić information content (AvgIpc) is 3.17. The molecule has 0 saturated carbocycles. The fourth-order valence-corrected chi connectivity index (χ4v) is 5.11. The number of aliphatic imine (C=N–C) groups is 1. The van der Waals surface area contributed by atoms with Crippen molar-refractivity contribution in [3.05, 3.63) is 29.3 Å². The van der Waals surface area contributed by atoms with Crippen LogP contribution in [0.4, 0.5) is 0 Å². The zero-order chi connectivity index (χ0) is 21.4. The fraction of sp³-hybridized carbons (Fsp3) is 0.741. The number of ether oxygens (including phenoxy) is 1. The van der Waals surface area contributed by atoms with Gasteiger partial charge in [-0.05, 0) is 37.1 Å². The molecule has 0 aliphatic carbocycles. The van der Waals surface area contributed by atoms with E-state index in [4.69, 9.17) is 4.74 Å². The van der Waals surface area contributed by atoms with E-state index in [1.807, 2.05) is 11.8 Å². The van der Waals surface area contributed by atoms with Crippen molar-refractivity contribution in [1.29, 1.82) is 0 Å². The van der Waals surface area contributed by atoms with Crippen LogP contribution in [0.2, 0.25) is 0 Å². The van der Waals surface area contributed by atoms with Crippen LogP contribution in [0.3, 0.4) is 0 Å². The minimum atomic E-state index is 0. The number of thioether (sulfide) groups is 1. The molecule has 178 valence electrons. The summed E-state index contributed by atoms with van der Waals surface area (Å²) in [6, 6.07) is 6.46. The van der Waals surface area contributed by atoms with Crippen molar-refractivity contribution in [2.75, 3.05) is 13.2 Å². The molecule has 0 N–H and O–H groups in total. The first kappa shape index (κ1) is 28.4. The van der Waals surface area contributed by atoms with Crippen molar-refractivity contribution in [3.63, 3.8) is 0 Å². The van der Waals surface area contributed by atoms with Gasteiger partial charge >= 0.3 is 0 Å². The zero-order valence-corrected chi connectivity index (χ0v) is 21.9. The molecule has 0 radical (unpaired) electrons. The second-order valence-electron chi connectivity index (χ2n) is 9.00. The Morgan fingerprint density at radius 1 is 0.871 bits per heavy atom. The lowest BCUT2D eigenvalue weighted by Gasteiger charge is -2.10. The van der Waals surface area contributed by atoms with Crippen molar-refractivity contribution in [1.82, 2.24) is 0 Å². The highest BCUT2D eigenvalue weighted by Crippen LogP contribution is 2.28. The summed E-state index contributed by atoms with van der Waals surface area (Å²) in [4.78, 5) is 4.66. The normalized spacial score (nSPS) is 15.6. The van der Waals surface area contributed by atoms with E-state index >= 15 is 0 Å². The molecule has 1 atom stereocenters. The highest BCUT2D eigenvalue weighted by Gasteiger charge is 2.18. The predicted octanol–water partition coefficient (Wildman–Crippen LogP) is 9.16. The molecule has 2 nitrogen and oxygen atoms in total. The zero-order valence-electron chi connectivity index (χ0n) is 20.3. The topological polar surface area (TPSA) is 21.6 Å². The van der Waals surface area contributed by atoms with E-state index in [9.17, 15) is 0 Å². The maximum Gasteiger partial charge on any atom is 0.119 e. The van der Waals surface area contributed by atoms with E-state index in [1.165, 1.54) is 106 Å². The number of unbranched alkanes of at least 4 members (excludes halogenated alkanes) is 13. The van der Waals surface area contributed by atoms with Crippen LogP contribution in [0.5, 0.6) is 5.75 Å².